The quantitative estimate of drug-likeness (QED) is 0.548. The second-order valence-corrected chi connectivity index (χ2v) is 7.36. The van der Waals surface area contributed by atoms with Gasteiger partial charge in [0.15, 0.2) is 5.96 Å². The highest BCUT2D eigenvalue weighted by molar-refractivity contribution is 5.80. The van der Waals surface area contributed by atoms with E-state index in [2.05, 4.69) is 15.5 Å². The second kappa shape index (κ2) is 9.73. The molecule has 1 aromatic heterocycles. The molecule has 0 bridgehead atoms. The van der Waals surface area contributed by atoms with Gasteiger partial charge in [-0.05, 0) is 51.7 Å². The number of rotatable bonds is 7. The van der Waals surface area contributed by atoms with Crippen LogP contribution in [0.15, 0.2) is 46.0 Å². The lowest BCUT2D eigenvalue weighted by Crippen LogP contribution is -2.45. The molecule has 158 valence electrons. The molecule has 1 aliphatic rings. The Morgan fingerprint density at radius 1 is 1.28 bits per heavy atom. The molecule has 1 fully saturated rings. The summed E-state index contributed by atoms with van der Waals surface area (Å²) in [6.45, 7) is 4.34. The van der Waals surface area contributed by atoms with Gasteiger partial charge in [-0.1, -0.05) is 6.07 Å². The van der Waals surface area contributed by atoms with Gasteiger partial charge in [0, 0.05) is 25.7 Å². The predicted molar refractivity (Wildman–Crippen MR) is 111 cm³/mol. The second-order valence-electron chi connectivity index (χ2n) is 7.36. The van der Waals surface area contributed by atoms with Crippen LogP contribution in [-0.2, 0) is 0 Å². The van der Waals surface area contributed by atoms with E-state index in [1.165, 1.54) is 18.2 Å². The van der Waals surface area contributed by atoms with E-state index in [9.17, 15) is 8.78 Å². The van der Waals surface area contributed by atoms with Crippen LogP contribution in [0.25, 0.3) is 0 Å². The number of benzene rings is 1. The van der Waals surface area contributed by atoms with E-state index in [0.29, 0.717) is 25.6 Å². The zero-order valence-corrected chi connectivity index (χ0v) is 17.2. The first-order chi connectivity index (χ1) is 14.0. The number of hydrogen-bond donors (Lipinski definition) is 2. The molecule has 8 heteroatoms. The number of furan rings is 1. The minimum atomic E-state index is -0.529. The van der Waals surface area contributed by atoms with Gasteiger partial charge in [0.05, 0.1) is 18.8 Å². The standard InChI is InChI=1S/C21H29F2N5O/c1-4-24-21(25-13-18(27(2)3)19-9-6-12-29-19)26-15-10-11-28(14-15)20-16(22)7-5-8-17(20)23/h5-9,12,15,18H,4,10-11,13-14H2,1-3H3,(H2,24,25,26). The maximum absolute atomic E-state index is 14.1. The van der Waals surface area contributed by atoms with Gasteiger partial charge in [0.2, 0.25) is 0 Å². The summed E-state index contributed by atoms with van der Waals surface area (Å²) in [5.41, 5.74) is 0.0456. The van der Waals surface area contributed by atoms with Crippen molar-refractivity contribution in [3.8, 4) is 0 Å². The summed E-state index contributed by atoms with van der Waals surface area (Å²) in [7, 11) is 3.97. The topological polar surface area (TPSA) is 56.0 Å². The van der Waals surface area contributed by atoms with Gasteiger partial charge in [0.1, 0.15) is 23.1 Å². The van der Waals surface area contributed by atoms with Crippen molar-refractivity contribution in [2.45, 2.75) is 25.4 Å². The molecule has 0 saturated carbocycles. The first-order valence-electron chi connectivity index (χ1n) is 9.93. The minimum Gasteiger partial charge on any atom is -0.468 e. The number of para-hydroxylation sites is 1. The van der Waals surface area contributed by atoms with E-state index in [1.807, 2.05) is 33.2 Å². The number of guanidine groups is 1. The van der Waals surface area contributed by atoms with Crippen molar-refractivity contribution < 1.29 is 13.2 Å². The van der Waals surface area contributed by atoms with Crippen LogP contribution in [0.4, 0.5) is 14.5 Å². The molecule has 2 heterocycles. The molecule has 1 aliphatic heterocycles. The summed E-state index contributed by atoms with van der Waals surface area (Å²) in [5.74, 6) is 0.487. The van der Waals surface area contributed by atoms with E-state index < -0.39 is 11.6 Å². The minimum absolute atomic E-state index is 0.0213. The summed E-state index contributed by atoms with van der Waals surface area (Å²) >= 11 is 0. The Kier molecular flexibility index (Phi) is 7.09. The maximum Gasteiger partial charge on any atom is 0.191 e. The van der Waals surface area contributed by atoms with Crippen LogP contribution in [0.1, 0.15) is 25.1 Å². The fourth-order valence-electron chi connectivity index (χ4n) is 3.55. The number of nitrogens with zero attached hydrogens (tertiary/aromatic N) is 3. The Morgan fingerprint density at radius 3 is 2.66 bits per heavy atom. The van der Waals surface area contributed by atoms with Crippen molar-refractivity contribution in [3.05, 3.63) is 54.0 Å². The molecule has 2 N–H and O–H groups in total. The SMILES string of the molecule is CCNC(=NCC(c1ccco1)N(C)C)NC1CCN(c2c(F)cccc2F)C1. The number of halogens is 2. The number of nitrogens with one attached hydrogen (secondary N) is 2. The molecule has 2 atom stereocenters. The van der Waals surface area contributed by atoms with Crippen LogP contribution in [0.2, 0.25) is 0 Å². The van der Waals surface area contributed by atoms with E-state index in [1.54, 1.807) is 11.2 Å². The van der Waals surface area contributed by atoms with Crippen molar-refractivity contribution in [1.82, 2.24) is 15.5 Å². The van der Waals surface area contributed by atoms with E-state index in [4.69, 9.17) is 9.41 Å². The molecule has 0 radical (unpaired) electrons. The fraction of sp³-hybridized carbons (Fsp3) is 0.476. The number of likely N-dealkylation sites (N-methyl/N-ethyl adjacent to an activating group) is 1. The van der Waals surface area contributed by atoms with Gasteiger partial charge >= 0.3 is 0 Å². The first-order valence-corrected chi connectivity index (χ1v) is 9.93. The normalized spacial score (nSPS) is 18.3. The number of aliphatic imine (C=N–C) groups is 1. The van der Waals surface area contributed by atoms with Gasteiger partial charge in [-0.3, -0.25) is 9.89 Å². The highest BCUT2D eigenvalue weighted by Crippen LogP contribution is 2.26. The summed E-state index contributed by atoms with van der Waals surface area (Å²) in [6.07, 6.45) is 2.43. The van der Waals surface area contributed by atoms with Gasteiger partial charge in [-0.15, -0.1) is 0 Å². The van der Waals surface area contributed by atoms with Crippen LogP contribution < -0.4 is 15.5 Å². The summed E-state index contributed by atoms with van der Waals surface area (Å²) in [5, 5.41) is 6.65. The molecular formula is C21H29F2N5O. The third kappa shape index (κ3) is 5.26. The molecular weight excluding hydrogens is 376 g/mol. The van der Waals surface area contributed by atoms with Gasteiger partial charge in [0.25, 0.3) is 0 Å². The van der Waals surface area contributed by atoms with Crippen LogP contribution in [-0.4, -0.2) is 57.2 Å². The van der Waals surface area contributed by atoms with Crippen molar-refractivity contribution in [2.24, 2.45) is 4.99 Å². The van der Waals surface area contributed by atoms with Crippen molar-refractivity contribution in [2.75, 3.05) is 45.2 Å². The smallest absolute Gasteiger partial charge is 0.191 e. The Hall–Kier alpha value is -2.61. The zero-order chi connectivity index (χ0) is 20.8. The fourth-order valence-corrected chi connectivity index (χ4v) is 3.55. The Labute approximate surface area is 170 Å². The molecule has 6 nitrogen and oxygen atoms in total. The van der Waals surface area contributed by atoms with E-state index in [-0.39, 0.29) is 17.8 Å². The third-order valence-electron chi connectivity index (χ3n) is 5.04. The van der Waals surface area contributed by atoms with Crippen molar-refractivity contribution in [3.63, 3.8) is 0 Å². The van der Waals surface area contributed by atoms with Gasteiger partial charge < -0.3 is 20.0 Å². The monoisotopic (exact) mass is 405 g/mol. The molecule has 0 spiro atoms. The van der Waals surface area contributed by atoms with E-state index in [0.717, 1.165) is 18.7 Å². The van der Waals surface area contributed by atoms with Crippen molar-refractivity contribution >= 4 is 11.6 Å². The molecule has 1 aromatic carbocycles. The molecule has 1 saturated heterocycles. The highest BCUT2D eigenvalue weighted by Gasteiger charge is 2.27. The van der Waals surface area contributed by atoms with Gasteiger partial charge in [-0.25, -0.2) is 8.78 Å². The molecule has 2 unspecified atom stereocenters. The Balaban J connectivity index is 1.65. The van der Waals surface area contributed by atoms with Crippen LogP contribution in [0.3, 0.4) is 0 Å². The Bertz CT molecular complexity index is 789. The lowest BCUT2D eigenvalue weighted by atomic mass is 10.2. The Morgan fingerprint density at radius 2 is 2.03 bits per heavy atom. The average Bonchev–Trinajstić information content (AvgIpc) is 3.34. The lowest BCUT2D eigenvalue weighted by Gasteiger charge is -2.23. The summed E-state index contributed by atoms with van der Waals surface area (Å²) < 4.78 is 33.7. The van der Waals surface area contributed by atoms with E-state index >= 15 is 0 Å². The average molecular weight is 405 g/mol. The first kappa shape index (κ1) is 21.1. The van der Waals surface area contributed by atoms with Crippen LogP contribution >= 0.6 is 0 Å². The summed E-state index contributed by atoms with van der Waals surface area (Å²) in [4.78, 5) is 8.52. The van der Waals surface area contributed by atoms with Crippen LogP contribution in [0.5, 0.6) is 0 Å². The molecule has 2 aromatic rings. The largest absolute Gasteiger partial charge is 0.468 e. The molecule has 0 amide bonds. The lowest BCUT2D eigenvalue weighted by molar-refractivity contribution is 0.265. The third-order valence-corrected chi connectivity index (χ3v) is 5.04. The zero-order valence-electron chi connectivity index (χ0n) is 17.2. The van der Waals surface area contributed by atoms with Gasteiger partial charge in [-0.2, -0.15) is 0 Å². The maximum atomic E-state index is 14.1. The number of hydrogen-bond acceptors (Lipinski definition) is 4. The molecule has 0 aliphatic carbocycles. The van der Waals surface area contributed by atoms with Crippen LogP contribution in [0, 0.1) is 11.6 Å². The summed E-state index contributed by atoms with van der Waals surface area (Å²) in [6, 6.07) is 7.85. The molecule has 29 heavy (non-hydrogen) atoms. The number of anilines is 1. The van der Waals surface area contributed by atoms with Crippen molar-refractivity contribution in [1.29, 1.82) is 0 Å². The highest BCUT2D eigenvalue weighted by atomic mass is 19.1. The predicted octanol–water partition coefficient (Wildman–Crippen LogP) is 2.99. The molecule has 3 rings (SSSR count).